The number of benzene rings is 2. The van der Waals surface area contributed by atoms with Crippen LogP contribution in [0.25, 0.3) is 0 Å². The fourth-order valence-electron chi connectivity index (χ4n) is 2.54. The van der Waals surface area contributed by atoms with Gasteiger partial charge in [-0.05, 0) is 36.4 Å². The van der Waals surface area contributed by atoms with Crippen molar-refractivity contribution in [1.82, 2.24) is 5.32 Å². The molecule has 0 spiro atoms. The van der Waals surface area contributed by atoms with Gasteiger partial charge in [-0.3, -0.25) is 14.5 Å². The fourth-order valence-corrected chi connectivity index (χ4v) is 2.54. The summed E-state index contributed by atoms with van der Waals surface area (Å²) in [6.07, 6.45) is 1.54. The monoisotopic (exact) mass is 364 g/mol. The number of hydrogen-bond acceptors (Lipinski definition) is 4. The number of nitrogens with one attached hydrogen (secondary N) is 1. The molecule has 0 saturated heterocycles. The van der Waals surface area contributed by atoms with E-state index in [1.54, 1.807) is 23.3 Å². The topological polar surface area (TPSA) is 71.8 Å². The molecule has 0 bridgehead atoms. The summed E-state index contributed by atoms with van der Waals surface area (Å²) in [6, 6.07) is 22.1. The van der Waals surface area contributed by atoms with E-state index in [1.165, 1.54) is 0 Å². The largest absolute Gasteiger partial charge is 0.467 e. The average Bonchev–Trinajstić information content (AvgIpc) is 3.22. The molecule has 0 radical (unpaired) electrons. The molecule has 27 heavy (non-hydrogen) atoms. The summed E-state index contributed by atoms with van der Waals surface area (Å²) in [5, 5.41) is 2.67. The van der Waals surface area contributed by atoms with Gasteiger partial charge in [-0.1, -0.05) is 36.4 Å². The molecule has 1 N–H and O–H groups in total. The zero-order valence-corrected chi connectivity index (χ0v) is 14.7. The van der Waals surface area contributed by atoms with Crippen molar-refractivity contribution >= 4 is 23.2 Å². The van der Waals surface area contributed by atoms with Gasteiger partial charge in [0.15, 0.2) is 0 Å². The molecule has 0 atom stereocenters. The molecule has 6 heteroatoms. The fraction of sp³-hybridized carbons (Fsp3) is 0.143. The molecular formula is C21H20N2O4. The van der Waals surface area contributed by atoms with Crippen LogP contribution in [0, 0.1) is 0 Å². The van der Waals surface area contributed by atoms with Crippen molar-refractivity contribution in [2.24, 2.45) is 0 Å². The predicted molar refractivity (Wildman–Crippen MR) is 101 cm³/mol. The number of para-hydroxylation sites is 2. The lowest BCUT2D eigenvalue weighted by atomic mass is 10.2. The molecule has 6 nitrogen and oxygen atoms in total. The maximum absolute atomic E-state index is 12.7. The minimum absolute atomic E-state index is 0.204. The lowest BCUT2D eigenvalue weighted by molar-refractivity contribution is -0.129. The molecule has 3 aromatic rings. The Balaban J connectivity index is 1.56. The van der Waals surface area contributed by atoms with Crippen LogP contribution < -0.4 is 10.2 Å². The molecule has 2 amide bonds. The summed E-state index contributed by atoms with van der Waals surface area (Å²) in [4.78, 5) is 26.1. The van der Waals surface area contributed by atoms with Crippen LogP contribution in [0.3, 0.4) is 0 Å². The molecule has 0 aliphatic rings. The highest BCUT2D eigenvalue weighted by molar-refractivity contribution is 6.01. The van der Waals surface area contributed by atoms with Crippen molar-refractivity contribution in [2.45, 2.75) is 6.54 Å². The van der Waals surface area contributed by atoms with Crippen molar-refractivity contribution in [3.8, 4) is 0 Å². The number of rotatable bonds is 8. The van der Waals surface area contributed by atoms with Gasteiger partial charge in [-0.2, -0.15) is 0 Å². The van der Waals surface area contributed by atoms with E-state index in [-0.39, 0.29) is 31.6 Å². The van der Waals surface area contributed by atoms with Crippen molar-refractivity contribution in [3.63, 3.8) is 0 Å². The van der Waals surface area contributed by atoms with Gasteiger partial charge in [0.2, 0.25) is 5.91 Å². The van der Waals surface area contributed by atoms with Crippen molar-refractivity contribution in [1.29, 1.82) is 0 Å². The first-order valence-electron chi connectivity index (χ1n) is 8.54. The van der Waals surface area contributed by atoms with E-state index < -0.39 is 0 Å². The maximum Gasteiger partial charge on any atom is 0.257 e. The Hall–Kier alpha value is -3.38. The summed E-state index contributed by atoms with van der Waals surface area (Å²) >= 11 is 0. The predicted octanol–water partition coefficient (Wildman–Crippen LogP) is 3.28. The zero-order valence-electron chi connectivity index (χ0n) is 14.7. The van der Waals surface area contributed by atoms with Gasteiger partial charge in [0.05, 0.1) is 12.8 Å². The molecule has 1 heterocycles. The Morgan fingerprint density at radius 3 is 2.04 bits per heavy atom. The molecule has 1 aromatic heterocycles. The minimum atomic E-state index is -0.315. The Bertz CT molecular complexity index is 809. The SMILES string of the molecule is O=C(COCC(=O)N(c1ccccc1)c1ccccc1)NCc1ccco1. The quantitative estimate of drug-likeness (QED) is 0.666. The van der Waals surface area contributed by atoms with E-state index in [0.717, 1.165) is 11.4 Å². The minimum Gasteiger partial charge on any atom is -0.467 e. The van der Waals surface area contributed by atoms with Crippen LogP contribution >= 0.6 is 0 Å². The number of amides is 2. The third-order valence-corrected chi connectivity index (χ3v) is 3.78. The standard InChI is InChI=1S/C21H20N2O4/c24-20(22-14-19-12-7-13-27-19)15-26-16-21(25)23(17-8-3-1-4-9-17)18-10-5-2-6-11-18/h1-13H,14-16H2,(H,22,24). The van der Waals surface area contributed by atoms with Crippen LogP contribution in [0.1, 0.15) is 5.76 Å². The van der Waals surface area contributed by atoms with E-state index in [1.807, 2.05) is 60.7 Å². The Kier molecular flexibility index (Phi) is 6.38. The molecule has 0 unspecified atom stereocenters. The van der Waals surface area contributed by atoms with Gasteiger partial charge < -0.3 is 14.5 Å². The van der Waals surface area contributed by atoms with E-state index in [4.69, 9.17) is 9.15 Å². The molecule has 0 aliphatic carbocycles. The lowest BCUT2D eigenvalue weighted by Gasteiger charge is -2.23. The molecule has 0 fully saturated rings. The first-order valence-corrected chi connectivity index (χ1v) is 8.54. The van der Waals surface area contributed by atoms with Gasteiger partial charge in [-0.25, -0.2) is 0 Å². The Morgan fingerprint density at radius 1 is 0.852 bits per heavy atom. The van der Waals surface area contributed by atoms with Gasteiger partial charge >= 0.3 is 0 Å². The summed E-state index contributed by atoms with van der Waals surface area (Å²) in [5.74, 6) is 0.0789. The third kappa shape index (κ3) is 5.29. The van der Waals surface area contributed by atoms with Crippen LogP contribution in [0.4, 0.5) is 11.4 Å². The number of carbonyl (C=O) groups is 2. The number of carbonyl (C=O) groups excluding carboxylic acids is 2. The van der Waals surface area contributed by atoms with E-state index in [9.17, 15) is 9.59 Å². The van der Waals surface area contributed by atoms with Gasteiger partial charge in [0.1, 0.15) is 19.0 Å². The third-order valence-electron chi connectivity index (χ3n) is 3.78. The summed E-state index contributed by atoms with van der Waals surface area (Å²) in [7, 11) is 0. The summed E-state index contributed by atoms with van der Waals surface area (Å²) in [5.41, 5.74) is 1.47. The molecule has 0 aliphatic heterocycles. The highest BCUT2D eigenvalue weighted by Crippen LogP contribution is 2.24. The molecule has 2 aromatic carbocycles. The molecular weight excluding hydrogens is 344 g/mol. The van der Waals surface area contributed by atoms with Crippen LogP contribution in [-0.4, -0.2) is 25.0 Å². The summed E-state index contributed by atoms with van der Waals surface area (Å²) in [6.45, 7) is -0.134. The van der Waals surface area contributed by atoms with Crippen molar-refractivity contribution in [2.75, 3.05) is 18.1 Å². The lowest BCUT2D eigenvalue weighted by Crippen LogP contribution is -2.32. The average molecular weight is 364 g/mol. The number of anilines is 2. The van der Waals surface area contributed by atoms with Gasteiger partial charge in [-0.15, -0.1) is 0 Å². The van der Waals surface area contributed by atoms with E-state index in [0.29, 0.717) is 5.76 Å². The second-order valence-corrected chi connectivity index (χ2v) is 5.75. The van der Waals surface area contributed by atoms with Crippen LogP contribution in [0.2, 0.25) is 0 Å². The highest BCUT2D eigenvalue weighted by atomic mass is 16.5. The van der Waals surface area contributed by atoms with Gasteiger partial charge in [0, 0.05) is 11.4 Å². The number of hydrogen-bond donors (Lipinski definition) is 1. The second kappa shape index (κ2) is 9.35. The number of nitrogens with zero attached hydrogens (tertiary/aromatic N) is 1. The Morgan fingerprint density at radius 2 is 1.48 bits per heavy atom. The normalized spacial score (nSPS) is 10.4. The molecule has 3 rings (SSSR count). The van der Waals surface area contributed by atoms with Crippen LogP contribution in [0.15, 0.2) is 83.5 Å². The smallest absolute Gasteiger partial charge is 0.257 e. The van der Waals surface area contributed by atoms with Crippen LogP contribution in [0.5, 0.6) is 0 Å². The van der Waals surface area contributed by atoms with Crippen LogP contribution in [-0.2, 0) is 20.9 Å². The summed E-state index contributed by atoms with van der Waals surface area (Å²) < 4.78 is 10.5. The maximum atomic E-state index is 12.7. The Labute approximate surface area is 157 Å². The second-order valence-electron chi connectivity index (χ2n) is 5.75. The first kappa shape index (κ1) is 18.4. The molecule has 138 valence electrons. The zero-order chi connectivity index (χ0) is 18.9. The van der Waals surface area contributed by atoms with Crippen molar-refractivity contribution < 1.29 is 18.7 Å². The van der Waals surface area contributed by atoms with E-state index >= 15 is 0 Å². The highest BCUT2D eigenvalue weighted by Gasteiger charge is 2.18. The first-order chi connectivity index (χ1) is 13.2. The number of ether oxygens (including phenoxy) is 1. The van der Waals surface area contributed by atoms with Gasteiger partial charge in [0.25, 0.3) is 5.91 Å². The molecule has 0 saturated carbocycles. The van der Waals surface area contributed by atoms with E-state index in [2.05, 4.69) is 5.32 Å². The number of furan rings is 1. The van der Waals surface area contributed by atoms with Crippen molar-refractivity contribution in [3.05, 3.63) is 84.8 Å².